The summed E-state index contributed by atoms with van der Waals surface area (Å²) in [5.74, 6) is 0.0446. The minimum absolute atomic E-state index is 0.00815. The van der Waals surface area contributed by atoms with E-state index in [4.69, 9.17) is 19.9 Å². The van der Waals surface area contributed by atoms with E-state index in [-0.39, 0.29) is 6.42 Å². The summed E-state index contributed by atoms with van der Waals surface area (Å²) < 4.78 is 16.3. The quantitative estimate of drug-likeness (QED) is 0.730. The standard InChI is InChI=1S/C18H26N2O6/c1-18(2,3)26-17(23)20-13(16(21)22)10-12(19)11-5-6-14-15(9-11)25-8-4-7-24-14/h5-6,9,12-13H,4,7-8,10,19H2,1-3H3,(H,20,23)(H,21,22)/t12-,13+/m0/s1. The second-order valence-electron chi connectivity index (χ2n) is 7.14. The van der Waals surface area contributed by atoms with Gasteiger partial charge in [-0.3, -0.25) is 0 Å². The minimum atomic E-state index is -1.18. The summed E-state index contributed by atoms with van der Waals surface area (Å²) in [5.41, 5.74) is 6.14. The van der Waals surface area contributed by atoms with Crippen molar-refractivity contribution in [2.75, 3.05) is 13.2 Å². The van der Waals surface area contributed by atoms with Crippen LogP contribution in [0, 0.1) is 0 Å². The number of benzene rings is 1. The number of amides is 1. The predicted octanol–water partition coefficient (Wildman–Crippen LogP) is 2.22. The van der Waals surface area contributed by atoms with Crippen LogP contribution in [-0.4, -0.2) is 42.0 Å². The molecule has 0 unspecified atom stereocenters. The Morgan fingerprint density at radius 1 is 1.27 bits per heavy atom. The maximum Gasteiger partial charge on any atom is 0.408 e. The molecule has 1 aromatic carbocycles. The Hall–Kier alpha value is -2.48. The van der Waals surface area contributed by atoms with Gasteiger partial charge in [-0.15, -0.1) is 0 Å². The second-order valence-corrected chi connectivity index (χ2v) is 7.14. The number of hydrogen-bond acceptors (Lipinski definition) is 6. The lowest BCUT2D eigenvalue weighted by Gasteiger charge is -2.23. The number of hydrogen-bond donors (Lipinski definition) is 3. The van der Waals surface area contributed by atoms with E-state index in [1.54, 1.807) is 39.0 Å². The number of nitrogens with one attached hydrogen (secondary N) is 1. The summed E-state index contributed by atoms with van der Waals surface area (Å²) in [7, 11) is 0. The van der Waals surface area contributed by atoms with Crippen LogP contribution >= 0.6 is 0 Å². The van der Waals surface area contributed by atoms with Gasteiger partial charge in [0.2, 0.25) is 0 Å². The first kappa shape index (κ1) is 19.8. The Morgan fingerprint density at radius 2 is 1.92 bits per heavy atom. The number of aliphatic carboxylic acids is 1. The molecule has 1 heterocycles. The molecule has 0 radical (unpaired) electrons. The van der Waals surface area contributed by atoms with Crippen molar-refractivity contribution >= 4 is 12.1 Å². The van der Waals surface area contributed by atoms with Gasteiger partial charge in [0.15, 0.2) is 11.5 Å². The second kappa shape index (κ2) is 8.27. The molecule has 0 aliphatic carbocycles. The fourth-order valence-corrected chi connectivity index (χ4v) is 2.47. The molecular weight excluding hydrogens is 340 g/mol. The van der Waals surface area contributed by atoms with Crippen LogP contribution in [0.2, 0.25) is 0 Å². The van der Waals surface area contributed by atoms with Crippen LogP contribution in [0.5, 0.6) is 11.5 Å². The summed E-state index contributed by atoms with van der Waals surface area (Å²) in [6.07, 6.45) is 0.00122. The number of alkyl carbamates (subject to hydrolysis) is 1. The number of rotatable bonds is 5. The molecule has 2 atom stereocenters. The Labute approximate surface area is 152 Å². The highest BCUT2D eigenvalue weighted by atomic mass is 16.6. The molecule has 0 bridgehead atoms. The van der Waals surface area contributed by atoms with Gasteiger partial charge in [0.25, 0.3) is 0 Å². The van der Waals surface area contributed by atoms with Gasteiger partial charge in [-0.05, 0) is 44.9 Å². The largest absolute Gasteiger partial charge is 0.490 e. The smallest absolute Gasteiger partial charge is 0.408 e. The van der Waals surface area contributed by atoms with E-state index in [0.717, 1.165) is 6.42 Å². The molecule has 0 fully saturated rings. The normalized spacial score (nSPS) is 16.2. The van der Waals surface area contributed by atoms with E-state index in [0.29, 0.717) is 30.3 Å². The molecule has 1 amide bonds. The third-order valence-electron chi connectivity index (χ3n) is 3.68. The van der Waals surface area contributed by atoms with E-state index >= 15 is 0 Å². The van der Waals surface area contributed by atoms with E-state index < -0.39 is 29.7 Å². The monoisotopic (exact) mass is 366 g/mol. The minimum Gasteiger partial charge on any atom is -0.490 e. The van der Waals surface area contributed by atoms with Crippen LogP contribution in [0.15, 0.2) is 18.2 Å². The van der Waals surface area contributed by atoms with E-state index in [1.807, 2.05) is 0 Å². The van der Waals surface area contributed by atoms with Crippen molar-refractivity contribution < 1.29 is 28.9 Å². The topological polar surface area (TPSA) is 120 Å². The van der Waals surface area contributed by atoms with Gasteiger partial charge in [-0.2, -0.15) is 0 Å². The van der Waals surface area contributed by atoms with Crippen LogP contribution in [0.4, 0.5) is 4.79 Å². The van der Waals surface area contributed by atoms with Crippen molar-refractivity contribution in [1.29, 1.82) is 0 Å². The molecule has 2 rings (SSSR count). The van der Waals surface area contributed by atoms with E-state index in [2.05, 4.69) is 5.32 Å². The molecule has 0 saturated heterocycles. The summed E-state index contributed by atoms with van der Waals surface area (Å²) in [5, 5.41) is 11.7. The lowest BCUT2D eigenvalue weighted by Crippen LogP contribution is -2.44. The van der Waals surface area contributed by atoms with E-state index in [1.165, 1.54) is 0 Å². The van der Waals surface area contributed by atoms with Crippen molar-refractivity contribution in [3.8, 4) is 11.5 Å². The molecular formula is C18H26N2O6. The van der Waals surface area contributed by atoms with Crippen LogP contribution in [0.25, 0.3) is 0 Å². The first-order valence-corrected chi connectivity index (χ1v) is 8.53. The number of carbonyl (C=O) groups excluding carboxylic acids is 1. The van der Waals surface area contributed by atoms with Crippen LogP contribution in [-0.2, 0) is 9.53 Å². The number of carbonyl (C=O) groups is 2. The Balaban J connectivity index is 2.05. The van der Waals surface area contributed by atoms with Crippen molar-refractivity contribution in [1.82, 2.24) is 5.32 Å². The zero-order valence-corrected chi connectivity index (χ0v) is 15.3. The summed E-state index contributed by atoms with van der Waals surface area (Å²) in [6.45, 7) is 6.23. The SMILES string of the molecule is CC(C)(C)OC(=O)N[C@H](C[C@H](N)c1ccc2c(c1)OCCCO2)C(=O)O. The zero-order chi connectivity index (χ0) is 19.3. The van der Waals surface area contributed by atoms with Crippen molar-refractivity contribution in [3.05, 3.63) is 23.8 Å². The first-order valence-electron chi connectivity index (χ1n) is 8.53. The van der Waals surface area contributed by atoms with Crippen LogP contribution in [0.1, 0.15) is 45.2 Å². The van der Waals surface area contributed by atoms with Crippen LogP contribution in [0.3, 0.4) is 0 Å². The molecule has 8 nitrogen and oxygen atoms in total. The van der Waals surface area contributed by atoms with Gasteiger partial charge < -0.3 is 30.4 Å². The Morgan fingerprint density at radius 3 is 2.54 bits per heavy atom. The van der Waals surface area contributed by atoms with Crippen molar-refractivity contribution in [2.24, 2.45) is 5.73 Å². The van der Waals surface area contributed by atoms with Gasteiger partial charge in [-0.25, -0.2) is 9.59 Å². The molecule has 1 aromatic rings. The third kappa shape index (κ3) is 5.80. The average Bonchev–Trinajstić information content (AvgIpc) is 2.76. The van der Waals surface area contributed by atoms with Gasteiger partial charge in [0.05, 0.1) is 13.2 Å². The molecule has 1 aliphatic heterocycles. The molecule has 8 heteroatoms. The number of fused-ring (bicyclic) bond motifs is 1. The average molecular weight is 366 g/mol. The molecule has 1 aliphatic rings. The fourth-order valence-electron chi connectivity index (χ4n) is 2.47. The van der Waals surface area contributed by atoms with Gasteiger partial charge in [0, 0.05) is 12.5 Å². The summed E-state index contributed by atoms with van der Waals surface area (Å²) in [6, 6.07) is 3.49. The van der Waals surface area contributed by atoms with Crippen molar-refractivity contribution in [2.45, 2.75) is 51.3 Å². The van der Waals surface area contributed by atoms with Gasteiger partial charge in [-0.1, -0.05) is 6.07 Å². The summed E-state index contributed by atoms with van der Waals surface area (Å²) >= 11 is 0. The highest BCUT2D eigenvalue weighted by Gasteiger charge is 2.26. The van der Waals surface area contributed by atoms with Gasteiger partial charge in [0.1, 0.15) is 11.6 Å². The van der Waals surface area contributed by atoms with E-state index in [9.17, 15) is 14.7 Å². The number of ether oxygens (including phenoxy) is 3. The number of nitrogens with two attached hydrogens (primary N) is 1. The molecule has 0 saturated carbocycles. The third-order valence-corrected chi connectivity index (χ3v) is 3.68. The maximum atomic E-state index is 11.8. The zero-order valence-electron chi connectivity index (χ0n) is 15.3. The number of carboxylic acid groups (broad SMARTS) is 1. The fraction of sp³-hybridized carbons (Fsp3) is 0.556. The molecule has 144 valence electrons. The predicted molar refractivity (Wildman–Crippen MR) is 94.4 cm³/mol. The van der Waals surface area contributed by atoms with Crippen LogP contribution < -0.4 is 20.5 Å². The Bertz CT molecular complexity index is 656. The Kier molecular flexibility index (Phi) is 6.31. The highest BCUT2D eigenvalue weighted by molar-refractivity contribution is 5.80. The number of carboxylic acids is 1. The molecule has 0 aromatic heterocycles. The molecule has 26 heavy (non-hydrogen) atoms. The summed E-state index contributed by atoms with van der Waals surface area (Å²) in [4.78, 5) is 23.3. The molecule has 0 spiro atoms. The highest BCUT2D eigenvalue weighted by Crippen LogP contribution is 2.32. The lowest BCUT2D eigenvalue weighted by atomic mass is 9.99. The lowest BCUT2D eigenvalue weighted by molar-refractivity contribution is -0.139. The first-order chi connectivity index (χ1) is 12.2. The van der Waals surface area contributed by atoms with Gasteiger partial charge >= 0.3 is 12.1 Å². The maximum absolute atomic E-state index is 11.8. The van der Waals surface area contributed by atoms with Crippen molar-refractivity contribution in [3.63, 3.8) is 0 Å². The molecule has 4 N–H and O–H groups in total.